The minimum Gasteiger partial charge on any atom is -0.480 e. The van der Waals surface area contributed by atoms with E-state index in [1.807, 2.05) is 0 Å². The van der Waals surface area contributed by atoms with Gasteiger partial charge in [0.05, 0.1) is 0 Å². The molecule has 10 nitrogen and oxygen atoms in total. The molecule has 1 heterocycles. The molecule has 120 valence electrons. The maximum Gasteiger partial charge on any atom is 0.320 e. The van der Waals surface area contributed by atoms with Gasteiger partial charge in [0.2, 0.25) is 0 Å². The molecule has 0 radical (unpaired) electrons. The lowest BCUT2D eigenvalue weighted by Crippen LogP contribution is -2.32. The largest absolute Gasteiger partial charge is 0.480 e. The van der Waals surface area contributed by atoms with Gasteiger partial charge >= 0.3 is 5.97 Å². The van der Waals surface area contributed by atoms with Gasteiger partial charge in [0, 0.05) is 6.54 Å². The predicted octanol–water partition coefficient (Wildman–Crippen LogP) is -1.65. The number of nitrogens with one attached hydrogen (secondary N) is 2. The average Bonchev–Trinajstić information content (AvgIpc) is 2.92. The second kappa shape index (κ2) is 7.78. The Morgan fingerprint density at radius 3 is 2.50 bits per heavy atom. The van der Waals surface area contributed by atoms with Crippen LogP contribution in [0.15, 0.2) is 17.1 Å². The summed E-state index contributed by atoms with van der Waals surface area (Å²) in [6, 6.07) is 1.84. The summed E-state index contributed by atoms with van der Waals surface area (Å²) in [5, 5.41) is 11.2. The molecule has 0 saturated heterocycles. The van der Waals surface area contributed by atoms with Gasteiger partial charge in [-0.15, -0.1) is 0 Å². The highest BCUT2D eigenvalue weighted by atomic mass is 16.4. The first-order chi connectivity index (χ1) is 10.3. The van der Waals surface area contributed by atoms with Crippen LogP contribution in [-0.2, 0) is 4.79 Å². The number of guanidine groups is 1. The van der Waals surface area contributed by atoms with Gasteiger partial charge in [-0.05, 0) is 25.0 Å². The van der Waals surface area contributed by atoms with Crippen molar-refractivity contribution in [3.05, 3.63) is 23.5 Å². The van der Waals surface area contributed by atoms with E-state index in [2.05, 4.69) is 15.3 Å². The minimum absolute atomic E-state index is 0.0754. The van der Waals surface area contributed by atoms with E-state index in [1.165, 1.54) is 12.1 Å². The van der Waals surface area contributed by atoms with E-state index in [0.717, 1.165) is 0 Å². The van der Waals surface area contributed by atoms with Crippen molar-refractivity contribution < 1.29 is 19.5 Å². The average molecular weight is 310 g/mol. The zero-order valence-corrected chi connectivity index (χ0v) is 11.7. The lowest BCUT2D eigenvalue weighted by atomic mass is 10.2. The Labute approximate surface area is 125 Å². The fourth-order valence-electron chi connectivity index (χ4n) is 1.57. The van der Waals surface area contributed by atoms with Crippen LogP contribution in [0, 0.1) is 0 Å². The Morgan fingerprint density at radius 2 is 1.91 bits per heavy atom. The molecule has 10 heteroatoms. The third kappa shape index (κ3) is 5.25. The smallest absolute Gasteiger partial charge is 0.320 e. The van der Waals surface area contributed by atoms with E-state index in [0.29, 0.717) is 6.42 Å². The number of rotatable bonds is 7. The summed E-state index contributed by atoms with van der Waals surface area (Å²) >= 11 is 0. The number of nitrogens with two attached hydrogens (primary N) is 3. The van der Waals surface area contributed by atoms with Crippen LogP contribution >= 0.6 is 0 Å². The molecular weight excluding hydrogens is 292 g/mol. The highest BCUT2D eigenvalue weighted by molar-refractivity contribution is 6.02. The Balaban J connectivity index is 2.47. The van der Waals surface area contributed by atoms with E-state index >= 15 is 0 Å². The normalized spacial score (nSPS) is 11.5. The Kier molecular flexibility index (Phi) is 6.08. The molecule has 2 amide bonds. The van der Waals surface area contributed by atoms with E-state index in [4.69, 9.17) is 22.3 Å². The quantitative estimate of drug-likeness (QED) is 0.197. The lowest BCUT2D eigenvalue weighted by molar-refractivity contribution is -0.138. The number of H-pyrrole nitrogens is 1. The van der Waals surface area contributed by atoms with E-state index in [9.17, 15) is 14.4 Å². The van der Waals surface area contributed by atoms with Gasteiger partial charge in [-0.2, -0.15) is 4.99 Å². The van der Waals surface area contributed by atoms with Gasteiger partial charge in [-0.3, -0.25) is 14.4 Å². The maximum absolute atomic E-state index is 11.8. The number of hydrogen-bond acceptors (Lipinski definition) is 4. The number of aromatic nitrogens is 1. The zero-order valence-electron chi connectivity index (χ0n) is 11.7. The number of aliphatic carboxylic acids is 1. The van der Waals surface area contributed by atoms with Crippen LogP contribution in [0.5, 0.6) is 0 Å². The molecule has 0 aliphatic rings. The van der Waals surface area contributed by atoms with Crippen LogP contribution < -0.4 is 22.5 Å². The molecule has 1 rings (SSSR count). The molecule has 0 saturated carbocycles. The summed E-state index contributed by atoms with van der Waals surface area (Å²) in [4.78, 5) is 39.7. The SMILES string of the molecule is NC(N)=NC(=O)c1ccc(C(=O)NCCC[C@H](N)C(=O)O)[nH]1. The van der Waals surface area contributed by atoms with Gasteiger partial charge < -0.3 is 32.6 Å². The maximum atomic E-state index is 11.8. The summed E-state index contributed by atoms with van der Waals surface area (Å²) in [5.41, 5.74) is 15.7. The molecule has 0 unspecified atom stereocenters. The first-order valence-electron chi connectivity index (χ1n) is 6.41. The van der Waals surface area contributed by atoms with E-state index in [1.54, 1.807) is 0 Å². The Bertz CT molecular complexity index is 590. The first-order valence-corrected chi connectivity index (χ1v) is 6.41. The van der Waals surface area contributed by atoms with Crippen molar-refractivity contribution in [2.24, 2.45) is 22.2 Å². The molecule has 1 atom stereocenters. The monoisotopic (exact) mass is 310 g/mol. The summed E-state index contributed by atoms with van der Waals surface area (Å²) in [5.74, 6) is -2.59. The second-order valence-electron chi connectivity index (χ2n) is 4.47. The highest BCUT2D eigenvalue weighted by Gasteiger charge is 2.13. The van der Waals surface area contributed by atoms with Crippen LogP contribution in [0.4, 0.5) is 0 Å². The molecule has 22 heavy (non-hydrogen) atoms. The number of carbonyl (C=O) groups is 3. The predicted molar refractivity (Wildman–Crippen MR) is 78.1 cm³/mol. The van der Waals surface area contributed by atoms with Crippen molar-refractivity contribution >= 4 is 23.7 Å². The zero-order chi connectivity index (χ0) is 16.7. The van der Waals surface area contributed by atoms with Crippen molar-refractivity contribution in [2.75, 3.05) is 6.54 Å². The summed E-state index contributed by atoms with van der Waals surface area (Å²) in [6.07, 6.45) is 0.661. The molecule has 0 spiro atoms. The van der Waals surface area contributed by atoms with Crippen LogP contribution in [0.2, 0.25) is 0 Å². The Morgan fingerprint density at radius 1 is 1.27 bits per heavy atom. The molecule has 1 aromatic heterocycles. The van der Waals surface area contributed by atoms with Gasteiger partial charge in [-0.1, -0.05) is 0 Å². The van der Waals surface area contributed by atoms with E-state index in [-0.39, 0.29) is 30.3 Å². The van der Waals surface area contributed by atoms with Gasteiger partial charge in [-0.25, -0.2) is 0 Å². The molecule has 0 aliphatic carbocycles. The first kappa shape index (κ1) is 17.2. The molecule has 0 bridgehead atoms. The van der Waals surface area contributed by atoms with Crippen molar-refractivity contribution in [3.8, 4) is 0 Å². The summed E-state index contributed by atoms with van der Waals surface area (Å²) in [6.45, 7) is 0.260. The molecular formula is C12H18N6O4. The Hall–Kier alpha value is -2.88. The van der Waals surface area contributed by atoms with Crippen LogP contribution in [-0.4, -0.2) is 46.4 Å². The number of aliphatic imine (C=N–C) groups is 1. The third-order valence-corrected chi connectivity index (χ3v) is 2.69. The van der Waals surface area contributed by atoms with Crippen LogP contribution in [0.25, 0.3) is 0 Å². The molecule has 0 fully saturated rings. The van der Waals surface area contributed by atoms with Gasteiger partial charge in [0.25, 0.3) is 11.8 Å². The van der Waals surface area contributed by atoms with Crippen molar-refractivity contribution in [3.63, 3.8) is 0 Å². The second-order valence-corrected chi connectivity index (χ2v) is 4.47. The molecule has 0 aliphatic heterocycles. The number of carbonyl (C=O) groups excluding carboxylic acids is 2. The number of aromatic amines is 1. The lowest BCUT2D eigenvalue weighted by Gasteiger charge is -2.06. The molecule has 9 N–H and O–H groups in total. The number of carboxylic acid groups (broad SMARTS) is 1. The van der Waals surface area contributed by atoms with Crippen molar-refractivity contribution in [2.45, 2.75) is 18.9 Å². The fourth-order valence-corrected chi connectivity index (χ4v) is 1.57. The van der Waals surface area contributed by atoms with Crippen molar-refractivity contribution in [1.29, 1.82) is 0 Å². The standard InChI is InChI=1S/C12H18N6O4/c13-6(11(21)22)2-1-5-16-9(19)7-3-4-8(17-7)10(20)18-12(14)15/h3-4,6,17H,1-2,5,13H2,(H,16,19)(H,21,22)(H4,14,15,18,20)/t6-/m0/s1. The van der Waals surface area contributed by atoms with Gasteiger partial charge in [0.1, 0.15) is 17.4 Å². The number of nitrogens with zero attached hydrogens (tertiary/aromatic N) is 1. The highest BCUT2D eigenvalue weighted by Crippen LogP contribution is 2.04. The molecule has 1 aromatic rings. The van der Waals surface area contributed by atoms with E-state index < -0.39 is 23.8 Å². The topological polar surface area (TPSA) is 190 Å². The fraction of sp³-hybridized carbons (Fsp3) is 0.333. The number of amides is 2. The number of hydrogen-bond donors (Lipinski definition) is 6. The van der Waals surface area contributed by atoms with Crippen molar-refractivity contribution in [1.82, 2.24) is 10.3 Å². The summed E-state index contributed by atoms with van der Waals surface area (Å²) < 4.78 is 0. The summed E-state index contributed by atoms with van der Waals surface area (Å²) in [7, 11) is 0. The third-order valence-electron chi connectivity index (χ3n) is 2.69. The number of carboxylic acids is 1. The minimum atomic E-state index is -1.08. The van der Waals surface area contributed by atoms with Gasteiger partial charge in [0.15, 0.2) is 5.96 Å². The van der Waals surface area contributed by atoms with Crippen LogP contribution in [0.3, 0.4) is 0 Å². The van der Waals surface area contributed by atoms with Crippen LogP contribution in [0.1, 0.15) is 33.8 Å². The molecule has 0 aromatic carbocycles.